The Balaban J connectivity index is 5.21. The molecule has 17 nitrogen and oxygen atoms in total. The molecule has 19 heteroatoms. The first-order valence-corrected chi connectivity index (χ1v) is 41.7. The maximum absolute atomic E-state index is 13.1. The SMILES string of the molecule is CCC(C)CCCCCCCCC(=O)OC[C@H](COP(=O)(O)OC[C@H](O)COP(=O)(O)OC[C@@H](COC(=O)CCCCCCCCCC(C)C)OC(=O)CCCCCCCCCCCCCCC(C)C)OC(=O)CCCCCCCCCCCCCCCCCCC(C)C. The lowest BCUT2D eigenvalue weighted by Crippen LogP contribution is -2.30. The maximum Gasteiger partial charge on any atom is 0.472 e. The second-order valence-electron chi connectivity index (χ2n) is 28.7. The lowest BCUT2D eigenvalue weighted by Gasteiger charge is -2.21. The van der Waals surface area contributed by atoms with Crippen molar-refractivity contribution in [3.8, 4) is 0 Å². The average Bonchev–Trinajstić information content (AvgIpc) is 1.18. The zero-order chi connectivity index (χ0) is 69.6. The van der Waals surface area contributed by atoms with Gasteiger partial charge in [0.15, 0.2) is 12.2 Å². The Hall–Kier alpha value is -1.94. The molecular weight excluding hydrogens is 1230 g/mol. The number of aliphatic hydroxyl groups excluding tert-OH is 1. The van der Waals surface area contributed by atoms with Crippen LogP contribution in [0, 0.1) is 23.7 Å². The van der Waals surface area contributed by atoms with E-state index in [4.69, 9.17) is 37.0 Å². The van der Waals surface area contributed by atoms with Gasteiger partial charge in [-0.25, -0.2) is 9.13 Å². The molecule has 0 radical (unpaired) electrons. The number of carbonyl (C=O) groups excluding carboxylic acids is 4. The predicted molar refractivity (Wildman–Crippen MR) is 381 cm³/mol. The smallest absolute Gasteiger partial charge is 0.462 e. The molecule has 3 unspecified atom stereocenters. The first-order chi connectivity index (χ1) is 45.1. The highest BCUT2D eigenvalue weighted by Gasteiger charge is 2.30. The molecule has 0 saturated carbocycles. The molecule has 0 aromatic heterocycles. The van der Waals surface area contributed by atoms with Crippen molar-refractivity contribution >= 4 is 39.5 Å². The number of esters is 4. The van der Waals surface area contributed by atoms with E-state index in [1.807, 2.05) is 0 Å². The van der Waals surface area contributed by atoms with E-state index in [2.05, 4.69) is 55.4 Å². The summed E-state index contributed by atoms with van der Waals surface area (Å²) in [6.07, 6.45) is 48.7. The molecule has 0 rings (SSSR count). The van der Waals surface area contributed by atoms with Gasteiger partial charge in [0.25, 0.3) is 0 Å². The van der Waals surface area contributed by atoms with Crippen LogP contribution < -0.4 is 0 Å². The molecule has 94 heavy (non-hydrogen) atoms. The van der Waals surface area contributed by atoms with Gasteiger partial charge in [0.1, 0.15) is 19.3 Å². The summed E-state index contributed by atoms with van der Waals surface area (Å²) in [7, 11) is -9.91. The van der Waals surface area contributed by atoms with Gasteiger partial charge in [-0.1, -0.05) is 325 Å². The van der Waals surface area contributed by atoms with Crippen molar-refractivity contribution in [1.82, 2.24) is 0 Å². The fraction of sp³-hybridized carbons (Fsp3) is 0.947. The van der Waals surface area contributed by atoms with Crippen molar-refractivity contribution in [3.63, 3.8) is 0 Å². The topological polar surface area (TPSA) is 237 Å². The molecular formula is C75H146O17P2. The van der Waals surface area contributed by atoms with Gasteiger partial charge < -0.3 is 33.8 Å². The van der Waals surface area contributed by atoms with Crippen LogP contribution in [0.5, 0.6) is 0 Å². The fourth-order valence-corrected chi connectivity index (χ4v) is 12.9. The summed E-state index contributed by atoms with van der Waals surface area (Å²) in [6.45, 7) is 14.1. The lowest BCUT2D eigenvalue weighted by molar-refractivity contribution is -0.161. The first kappa shape index (κ1) is 92.1. The number of aliphatic hydroxyl groups is 1. The van der Waals surface area contributed by atoms with E-state index in [-0.39, 0.29) is 25.7 Å². The third kappa shape index (κ3) is 67.3. The van der Waals surface area contributed by atoms with Gasteiger partial charge in [-0.2, -0.15) is 0 Å². The molecule has 0 bridgehead atoms. The van der Waals surface area contributed by atoms with E-state index in [0.29, 0.717) is 31.6 Å². The minimum Gasteiger partial charge on any atom is -0.462 e. The van der Waals surface area contributed by atoms with E-state index in [1.54, 1.807) is 0 Å². The van der Waals surface area contributed by atoms with Crippen LogP contribution >= 0.6 is 15.6 Å². The number of ether oxygens (including phenoxy) is 4. The third-order valence-corrected chi connectivity index (χ3v) is 19.6. The Morgan fingerprint density at radius 1 is 0.298 bits per heavy atom. The highest BCUT2D eigenvalue weighted by molar-refractivity contribution is 7.47. The largest absolute Gasteiger partial charge is 0.472 e. The molecule has 6 atom stereocenters. The van der Waals surface area contributed by atoms with Gasteiger partial charge in [-0.3, -0.25) is 37.3 Å². The molecule has 558 valence electrons. The minimum atomic E-state index is -4.96. The summed E-state index contributed by atoms with van der Waals surface area (Å²) >= 11 is 0. The van der Waals surface area contributed by atoms with Crippen LogP contribution in [-0.4, -0.2) is 96.7 Å². The second kappa shape index (κ2) is 64.4. The van der Waals surface area contributed by atoms with Crippen molar-refractivity contribution in [1.29, 1.82) is 0 Å². The molecule has 0 aromatic carbocycles. The molecule has 0 heterocycles. The van der Waals surface area contributed by atoms with Crippen molar-refractivity contribution in [2.75, 3.05) is 39.6 Å². The van der Waals surface area contributed by atoms with E-state index < -0.39 is 97.5 Å². The second-order valence-corrected chi connectivity index (χ2v) is 31.6. The summed E-state index contributed by atoms with van der Waals surface area (Å²) in [5.41, 5.74) is 0. The van der Waals surface area contributed by atoms with Crippen molar-refractivity contribution < 1.29 is 80.2 Å². The Labute approximate surface area is 575 Å². The van der Waals surface area contributed by atoms with Gasteiger partial charge in [-0.15, -0.1) is 0 Å². The van der Waals surface area contributed by atoms with E-state index in [0.717, 1.165) is 120 Å². The first-order valence-electron chi connectivity index (χ1n) is 38.7. The molecule has 0 saturated heterocycles. The van der Waals surface area contributed by atoms with Crippen LogP contribution in [0.3, 0.4) is 0 Å². The summed E-state index contributed by atoms with van der Waals surface area (Å²) < 4.78 is 68.4. The standard InChI is InChI=1S/C75H146O17P2/c1-9-68(8)54-46-38-33-34-40-48-56-73(78)86-62-71(92-75(80)57-49-41-30-24-20-15-13-11-10-12-14-18-22-27-35-43-51-65(2)3)64-90-94(83,84)88-60-69(76)59-87-93(81,82)89-63-70(61-85-72(77)55-47-39-32-26-29-37-45-53-67(6)7)91-74(79)58-50-42-31-25-21-17-16-19-23-28-36-44-52-66(4)5/h65-71,76H,9-64H2,1-8H3,(H,81,82)(H,83,84)/t68?,69-,70-,71-/m1/s1. The third-order valence-electron chi connectivity index (χ3n) is 17.7. The van der Waals surface area contributed by atoms with E-state index in [9.17, 15) is 43.2 Å². The summed E-state index contributed by atoms with van der Waals surface area (Å²) in [5.74, 6) is 0.897. The van der Waals surface area contributed by atoms with Crippen molar-refractivity contribution in [2.24, 2.45) is 23.7 Å². The Morgan fingerprint density at radius 2 is 0.511 bits per heavy atom. The zero-order valence-electron chi connectivity index (χ0n) is 61.6. The molecule has 0 aliphatic heterocycles. The maximum atomic E-state index is 13.1. The van der Waals surface area contributed by atoms with Crippen LogP contribution in [0.4, 0.5) is 0 Å². The highest BCUT2D eigenvalue weighted by atomic mass is 31.2. The fourth-order valence-electron chi connectivity index (χ4n) is 11.3. The summed E-state index contributed by atoms with van der Waals surface area (Å²) in [5, 5.41) is 10.6. The van der Waals surface area contributed by atoms with Gasteiger partial charge in [-0.05, 0) is 49.4 Å². The number of unbranched alkanes of at least 4 members (excludes halogenated alkanes) is 37. The molecule has 0 fully saturated rings. The molecule has 3 N–H and O–H groups in total. The monoisotopic (exact) mass is 1380 g/mol. The van der Waals surface area contributed by atoms with Gasteiger partial charge >= 0.3 is 39.5 Å². The zero-order valence-corrected chi connectivity index (χ0v) is 63.4. The minimum absolute atomic E-state index is 0.106. The Kier molecular flexibility index (Phi) is 63.1. The number of carbonyl (C=O) groups is 4. The highest BCUT2D eigenvalue weighted by Crippen LogP contribution is 2.45. The molecule has 0 amide bonds. The molecule has 0 aliphatic carbocycles. The number of phosphoric ester groups is 2. The lowest BCUT2D eigenvalue weighted by atomic mass is 10.00. The quantitative estimate of drug-likeness (QED) is 0.0222. The number of phosphoric acid groups is 2. The van der Waals surface area contributed by atoms with Crippen molar-refractivity contribution in [3.05, 3.63) is 0 Å². The molecule has 0 spiro atoms. The van der Waals surface area contributed by atoms with Gasteiger partial charge in [0.2, 0.25) is 0 Å². The van der Waals surface area contributed by atoms with Crippen LogP contribution in [-0.2, 0) is 65.4 Å². The normalized spacial score (nSPS) is 14.4. The average molecular weight is 1380 g/mol. The van der Waals surface area contributed by atoms with Gasteiger partial charge in [0, 0.05) is 25.7 Å². The van der Waals surface area contributed by atoms with Crippen LogP contribution in [0.1, 0.15) is 376 Å². The summed E-state index contributed by atoms with van der Waals surface area (Å²) in [4.78, 5) is 72.7. The predicted octanol–water partition coefficient (Wildman–Crippen LogP) is 21.7. The van der Waals surface area contributed by atoms with Crippen LogP contribution in [0.2, 0.25) is 0 Å². The van der Waals surface area contributed by atoms with Crippen LogP contribution in [0.15, 0.2) is 0 Å². The van der Waals surface area contributed by atoms with Gasteiger partial charge in [0.05, 0.1) is 26.4 Å². The number of hydrogen-bond acceptors (Lipinski definition) is 15. The summed E-state index contributed by atoms with van der Waals surface area (Å²) in [6, 6.07) is 0. The molecule has 0 aliphatic rings. The van der Waals surface area contributed by atoms with E-state index >= 15 is 0 Å². The Morgan fingerprint density at radius 3 is 0.755 bits per heavy atom. The Bertz CT molecular complexity index is 1850. The number of rotatable bonds is 72. The van der Waals surface area contributed by atoms with E-state index in [1.165, 1.54) is 167 Å². The van der Waals surface area contributed by atoms with Crippen molar-refractivity contribution in [2.45, 2.75) is 395 Å². The van der Waals surface area contributed by atoms with Crippen LogP contribution in [0.25, 0.3) is 0 Å². The molecule has 0 aromatic rings. The number of hydrogen-bond donors (Lipinski definition) is 3.